The molecule has 14 heavy (non-hydrogen) atoms. The van der Waals surface area contributed by atoms with Crippen LogP contribution in [0.3, 0.4) is 0 Å². The summed E-state index contributed by atoms with van der Waals surface area (Å²) in [6.07, 6.45) is 0.796. The molecule has 0 amide bonds. The van der Waals surface area contributed by atoms with Crippen LogP contribution in [0.1, 0.15) is 32.2 Å². The standard InChI is InChI=1S/C10H16BrN3/c1-10(2,3)8-6-7(4-5-12)13-9(11)14-8/h6H,4-5,12H2,1-3H3. The summed E-state index contributed by atoms with van der Waals surface area (Å²) >= 11 is 3.31. The Hall–Kier alpha value is -0.480. The Kier molecular flexibility index (Phi) is 3.61. The van der Waals surface area contributed by atoms with Crippen molar-refractivity contribution in [1.82, 2.24) is 9.97 Å². The Labute approximate surface area is 93.3 Å². The van der Waals surface area contributed by atoms with Gasteiger partial charge in [0.2, 0.25) is 0 Å². The quantitative estimate of drug-likeness (QED) is 0.826. The highest BCUT2D eigenvalue weighted by molar-refractivity contribution is 9.10. The first-order valence-electron chi connectivity index (χ1n) is 4.67. The van der Waals surface area contributed by atoms with Crippen LogP contribution in [-0.4, -0.2) is 16.5 Å². The van der Waals surface area contributed by atoms with Crippen molar-refractivity contribution in [2.75, 3.05) is 6.54 Å². The van der Waals surface area contributed by atoms with Crippen molar-refractivity contribution in [1.29, 1.82) is 0 Å². The number of halogens is 1. The maximum absolute atomic E-state index is 5.49. The largest absolute Gasteiger partial charge is 0.330 e. The fourth-order valence-electron chi connectivity index (χ4n) is 1.13. The summed E-state index contributed by atoms with van der Waals surface area (Å²) in [6.45, 7) is 7.02. The number of hydrogen-bond acceptors (Lipinski definition) is 3. The molecule has 0 unspecified atom stereocenters. The second-order valence-electron chi connectivity index (χ2n) is 4.30. The molecule has 0 bridgehead atoms. The van der Waals surface area contributed by atoms with Crippen molar-refractivity contribution < 1.29 is 0 Å². The molecule has 0 aliphatic rings. The van der Waals surface area contributed by atoms with Crippen LogP contribution in [0, 0.1) is 0 Å². The molecule has 0 aliphatic heterocycles. The number of rotatable bonds is 2. The predicted molar refractivity (Wildman–Crippen MR) is 61.2 cm³/mol. The van der Waals surface area contributed by atoms with Gasteiger partial charge >= 0.3 is 0 Å². The molecule has 1 aromatic rings. The minimum atomic E-state index is 0.0504. The maximum Gasteiger partial charge on any atom is 0.197 e. The van der Waals surface area contributed by atoms with Gasteiger partial charge < -0.3 is 5.73 Å². The topological polar surface area (TPSA) is 51.8 Å². The van der Waals surface area contributed by atoms with Gasteiger partial charge in [-0.2, -0.15) is 0 Å². The van der Waals surface area contributed by atoms with Gasteiger partial charge in [-0.1, -0.05) is 20.8 Å². The van der Waals surface area contributed by atoms with E-state index in [1.54, 1.807) is 0 Å². The van der Waals surface area contributed by atoms with Gasteiger partial charge in [0.05, 0.1) is 5.69 Å². The van der Waals surface area contributed by atoms with E-state index >= 15 is 0 Å². The number of nitrogens with zero attached hydrogens (tertiary/aromatic N) is 2. The SMILES string of the molecule is CC(C)(C)c1cc(CCN)nc(Br)n1. The lowest BCUT2D eigenvalue weighted by molar-refractivity contribution is 0.562. The van der Waals surface area contributed by atoms with Crippen LogP contribution in [0.25, 0.3) is 0 Å². The van der Waals surface area contributed by atoms with Gasteiger partial charge in [-0.15, -0.1) is 0 Å². The monoisotopic (exact) mass is 257 g/mol. The van der Waals surface area contributed by atoms with Crippen LogP contribution in [0.5, 0.6) is 0 Å². The molecule has 3 nitrogen and oxygen atoms in total. The van der Waals surface area contributed by atoms with Gasteiger partial charge in [0.1, 0.15) is 0 Å². The van der Waals surface area contributed by atoms with E-state index in [-0.39, 0.29) is 5.41 Å². The molecule has 1 heterocycles. The fraction of sp³-hybridized carbons (Fsp3) is 0.600. The number of nitrogens with two attached hydrogens (primary N) is 1. The lowest BCUT2D eigenvalue weighted by Gasteiger charge is -2.18. The summed E-state index contributed by atoms with van der Waals surface area (Å²) in [4.78, 5) is 8.61. The van der Waals surface area contributed by atoms with Gasteiger partial charge in [-0.25, -0.2) is 9.97 Å². The smallest absolute Gasteiger partial charge is 0.197 e. The van der Waals surface area contributed by atoms with Crippen molar-refractivity contribution in [3.05, 3.63) is 22.2 Å². The number of hydrogen-bond donors (Lipinski definition) is 1. The highest BCUT2D eigenvalue weighted by Crippen LogP contribution is 2.21. The van der Waals surface area contributed by atoms with Crippen molar-refractivity contribution in [3.63, 3.8) is 0 Å². The van der Waals surface area contributed by atoms with E-state index in [2.05, 4.69) is 46.7 Å². The average Bonchev–Trinajstić information content (AvgIpc) is 2.02. The summed E-state index contributed by atoms with van der Waals surface area (Å²) in [6, 6.07) is 2.03. The lowest BCUT2D eigenvalue weighted by Crippen LogP contribution is -2.16. The highest BCUT2D eigenvalue weighted by atomic mass is 79.9. The highest BCUT2D eigenvalue weighted by Gasteiger charge is 2.17. The second kappa shape index (κ2) is 4.36. The van der Waals surface area contributed by atoms with Gasteiger partial charge in [0.15, 0.2) is 4.73 Å². The van der Waals surface area contributed by atoms with Crippen LogP contribution in [-0.2, 0) is 11.8 Å². The van der Waals surface area contributed by atoms with Gasteiger partial charge in [0.25, 0.3) is 0 Å². The van der Waals surface area contributed by atoms with E-state index in [4.69, 9.17) is 5.73 Å². The van der Waals surface area contributed by atoms with Gasteiger partial charge in [0, 0.05) is 17.5 Å². The van der Waals surface area contributed by atoms with E-state index in [1.807, 2.05) is 6.07 Å². The summed E-state index contributed by atoms with van der Waals surface area (Å²) < 4.78 is 0.647. The van der Waals surface area contributed by atoms with Gasteiger partial charge in [-0.05, 0) is 28.5 Å². The van der Waals surface area contributed by atoms with E-state index in [0.29, 0.717) is 11.3 Å². The second-order valence-corrected chi connectivity index (χ2v) is 5.01. The fourth-order valence-corrected chi connectivity index (χ4v) is 1.54. The summed E-state index contributed by atoms with van der Waals surface area (Å²) in [5.74, 6) is 0. The molecule has 1 aromatic heterocycles. The van der Waals surface area contributed by atoms with E-state index < -0.39 is 0 Å². The van der Waals surface area contributed by atoms with Crippen LogP contribution in [0.2, 0.25) is 0 Å². The predicted octanol–water partition coefficient (Wildman–Crippen LogP) is 2.04. The Balaban J connectivity index is 3.07. The zero-order valence-corrected chi connectivity index (χ0v) is 10.4. The average molecular weight is 258 g/mol. The van der Waals surface area contributed by atoms with Crippen LogP contribution < -0.4 is 5.73 Å². The third-order valence-corrected chi connectivity index (χ3v) is 2.28. The van der Waals surface area contributed by atoms with Crippen molar-refractivity contribution in [2.24, 2.45) is 5.73 Å². The van der Waals surface area contributed by atoms with Crippen LogP contribution in [0.4, 0.5) is 0 Å². The lowest BCUT2D eigenvalue weighted by atomic mass is 9.91. The molecule has 0 spiro atoms. The number of aromatic nitrogens is 2. The third-order valence-electron chi connectivity index (χ3n) is 1.92. The first kappa shape index (κ1) is 11.6. The maximum atomic E-state index is 5.49. The molecule has 0 radical (unpaired) electrons. The molecule has 0 atom stereocenters. The minimum absolute atomic E-state index is 0.0504. The summed E-state index contributed by atoms with van der Waals surface area (Å²) in [5.41, 5.74) is 7.59. The van der Waals surface area contributed by atoms with Crippen molar-refractivity contribution in [2.45, 2.75) is 32.6 Å². The van der Waals surface area contributed by atoms with E-state index in [9.17, 15) is 0 Å². The zero-order chi connectivity index (χ0) is 10.8. The summed E-state index contributed by atoms with van der Waals surface area (Å²) in [5, 5.41) is 0. The van der Waals surface area contributed by atoms with E-state index in [1.165, 1.54) is 0 Å². The first-order valence-corrected chi connectivity index (χ1v) is 5.47. The molecule has 0 aromatic carbocycles. The normalized spacial score (nSPS) is 11.8. The third kappa shape index (κ3) is 3.03. The molecule has 0 aliphatic carbocycles. The van der Waals surface area contributed by atoms with Crippen LogP contribution in [0.15, 0.2) is 10.8 Å². The Morgan fingerprint density at radius 3 is 2.50 bits per heavy atom. The summed E-state index contributed by atoms with van der Waals surface area (Å²) in [7, 11) is 0. The Morgan fingerprint density at radius 1 is 1.36 bits per heavy atom. The van der Waals surface area contributed by atoms with Crippen LogP contribution >= 0.6 is 15.9 Å². The Morgan fingerprint density at radius 2 is 2.00 bits per heavy atom. The molecule has 0 fully saturated rings. The Bertz CT molecular complexity index is 318. The van der Waals surface area contributed by atoms with E-state index in [0.717, 1.165) is 17.8 Å². The molecule has 0 saturated heterocycles. The molecule has 2 N–H and O–H groups in total. The molecule has 4 heteroatoms. The molecular weight excluding hydrogens is 242 g/mol. The van der Waals surface area contributed by atoms with Gasteiger partial charge in [-0.3, -0.25) is 0 Å². The van der Waals surface area contributed by atoms with Crippen molar-refractivity contribution >= 4 is 15.9 Å². The zero-order valence-electron chi connectivity index (χ0n) is 8.84. The molecule has 78 valence electrons. The molecular formula is C10H16BrN3. The van der Waals surface area contributed by atoms with Crippen molar-refractivity contribution in [3.8, 4) is 0 Å². The molecule has 0 saturated carbocycles. The molecule has 1 rings (SSSR count). The first-order chi connectivity index (χ1) is 6.43. The minimum Gasteiger partial charge on any atom is -0.330 e.